The van der Waals surface area contributed by atoms with Gasteiger partial charge in [0.05, 0.1) is 5.41 Å². The summed E-state index contributed by atoms with van der Waals surface area (Å²) in [7, 11) is 0. The maximum Gasteiger partial charge on any atom is 0.311 e. The van der Waals surface area contributed by atoms with Gasteiger partial charge in [0.2, 0.25) is 0 Å². The predicted octanol–water partition coefficient (Wildman–Crippen LogP) is 2.40. The Morgan fingerprint density at radius 3 is 2.25 bits per heavy atom. The first-order valence-electron chi connectivity index (χ1n) is 6.62. The molecule has 1 atom stereocenters. The van der Waals surface area contributed by atoms with Crippen molar-refractivity contribution in [1.82, 2.24) is 0 Å². The van der Waals surface area contributed by atoms with Crippen molar-refractivity contribution in [2.75, 3.05) is 6.54 Å². The van der Waals surface area contributed by atoms with Crippen molar-refractivity contribution in [2.24, 2.45) is 23.0 Å². The minimum atomic E-state index is -0.650. The molecule has 3 nitrogen and oxygen atoms in total. The average molecular weight is 225 g/mol. The third-order valence-electron chi connectivity index (χ3n) is 4.53. The predicted molar refractivity (Wildman–Crippen MR) is 63.0 cm³/mol. The highest BCUT2D eigenvalue weighted by Gasteiger charge is 2.50. The third-order valence-corrected chi connectivity index (χ3v) is 4.53. The van der Waals surface area contributed by atoms with Crippen LogP contribution in [0.15, 0.2) is 0 Å². The van der Waals surface area contributed by atoms with E-state index < -0.39 is 11.4 Å². The molecule has 0 spiro atoms. The Kier molecular flexibility index (Phi) is 3.53. The lowest BCUT2D eigenvalue weighted by Gasteiger charge is -2.33. The second-order valence-corrected chi connectivity index (χ2v) is 5.65. The smallest absolute Gasteiger partial charge is 0.311 e. The van der Waals surface area contributed by atoms with Crippen LogP contribution in [-0.2, 0) is 4.79 Å². The van der Waals surface area contributed by atoms with Crippen LogP contribution in [0.2, 0.25) is 0 Å². The Hall–Kier alpha value is -0.570. The lowest BCUT2D eigenvalue weighted by atomic mass is 9.71. The van der Waals surface area contributed by atoms with Crippen LogP contribution < -0.4 is 5.73 Å². The van der Waals surface area contributed by atoms with Gasteiger partial charge in [0.25, 0.3) is 0 Å². The molecule has 2 saturated carbocycles. The van der Waals surface area contributed by atoms with Crippen LogP contribution in [-0.4, -0.2) is 17.6 Å². The first-order chi connectivity index (χ1) is 7.69. The van der Waals surface area contributed by atoms with E-state index in [4.69, 9.17) is 5.73 Å². The summed E-state index contributed by atoms with van der Waals surface area (Å²) in [4.78, 5) is 11.5. The monoisotopic (exact) mass is 225 g/mol. The molecule has 16 heavy (non-hydrogen) atoms. The van der Waals surface area contributed by atoms with Gasteiger partial charge < -0.3 is 10.8 Å². The molecule has 0 saturated heterocycles. The number of carbonyl (C=O) groups is 1. The third kappa shape index (κ3) is 2.24. The van der Waals surface area contributed by atoms with Gasteiger partial charge in [0, 0.05) is 6.54 Å². The molecular formula is C13H23NO2. The minimum Gasteiger partial charge on any atom is -0.481 e. The van der Waals surface area contributed by atoms with Gasteiger partial charge in [-0.05, 0) is 31.1 Å². The number of hydrogen-bond donors (Lipinski definition) is 2. The Labute approximate surface area is 97.4 Å². The zero-order valence-electron chi connectivity index (χ0n) is 9.95. The molecule has 0 aromatic rings. The van der Waals surface area contributed by atoms with Gasteiger partial charge in [-0.2, -0.15) is 0 Å². The average Bonchev–Trinajstić information content (AvgIpc) is 3.11. The Morgan fingerprint density at radius 1 is 1.19 bits per heavy atom. The van der Waals surface area contributed by atoms with Crippen LogP contribution in [0.25, 0.3) is 0 Å². The summed E-state index contributed by atoms with van der Waals surface area (Å²) in [5, 5.41) is 9.48. The highest BCUT2D eigenvalue weighted by atomic mass is 16.4. The molecule has 3 heteroatoms. The highest BCUT2D eigenvalue weighted by Crippen LogP contribution is 2.50. The lowest BCUT2D eigenvalue weighted by molar-refractivity contribution is -0.151. The van der Waals surface area contributed by atoms with E-state index in [9.17, 15) is 9.90 Å². The van der Waals surface area contributed by atoms with Crippen molar-refractivity contribution >= 4 is 5.97 Å². The second kappa shape index (κ2) is 4.74. The lowest BCUT2D eigenvalue weighted by Crippen LogP contribution is -2.42. The molecule has 0 amide bonds. The number of nitrogens with two attached hydrogens (primary N) is 1. The van der Waals surface area contributed by atoms with Crippen molar-refractivity contribution in [1.29, 1.82) is 0 Å². The van der Waals surface area contributed by atoms with E-state index in [1.165, 1.54) is 32.1 Å². The maximum atomic E-state index is 11.5. The van der Waals surface area contributed by atoms with Gasteiger partial charge in [-0.15, -0.1) is 0 Å². The fraction of sp³-hybridized carbons (Fsp3) is 0.923. The standard InChI is InChI=1S/C13H23NO2/c14-9-13(12(15)16,11-6-7-11)8-10-4-2-1-3-5-10/h10-11H,1-9,14H2,(H,15,16). The van der Waals surface area contributed by atoms with E-state index in [0.717, 1.165) is 19.3 Å². The molecule has 1 unspecified atom stereocenters. The molecule has 3 N–H and O–H groups in total. The Bertz CT molecular complexity index is 257. The quantitative estimate of drug-likeness (QED) is 0.755. The SMILES string of the molecule is NCC(CC1CCCCC1)(C(=O)O)C1CC1. The second-order valence-electron chi connectivity index (χ2n) is 5.65. The van der Waals surface area contributed by atoms with E-state index in [1.807, 2.05) is 0 Å². The molecule has 0 bridgehead atoms. The van der Waals surface area contributed by atoms with Gasteiger partial charge in [-0.1, -0.05) is 32.1 Å². The molecule has 2 aliphatic rings. The summed E-state index contributed by atoms with van der Waals surface area (Å²) in [6.45, 7) is 0.323. The summed E-state index contributed by atoms with van der Waals surface area (Å²) in [5.41, 5.74) is 5.19. The number of rotatable bonds is 5. The van der Waals surface area contributed by atoms with Gasteiger partial charge in [-0.25, -0.2) is 0 Å². The summed E-state index contributed by atoms with van der Waals surface area (Å²) in [6.07, 6.45) is 9.24. The molecule has 2 fully saturated rings. The zero-order chi connectivity index (χ0) is 11.6. The van der Waals surface area contributed by atoms with Crippen LogP contribution >= 0.6 is 0 Å². The van der Waals surface area contributed by atoms with Gasteiger partial charge >= 0.3 is 5.97 Å². The first kappa shape index (κ1) is 11.9. The van der Waals surface area contributed by atoms with E-state index >= 15 is 0 Å². The van der Waals surface area contributed by atoms with Crippen molar-refractivity contribution in [3.05, 3.63) is 0 Å². The summed E-state index contributed by atoms with van der Waals surface area (Å²) < 4.78 is 0. The molecule has 2 rings (SSSR count). The maximum absolute atomic E-state index is 11.5. The number of carboxylic acid groups (broad SMARTS) is 1. The number of carboxylic acids is 1. The topological polar surface area (TPSA) is 63.3 Å². The fourth-order valence-corrected chi connectivity index (χ4v) is 3.31. The summed E-state index contributed by atoms with van der Waals surface area (Å²) in [5.74, 6) is 0.314. The first-order valence-corrected chi connectivity index (χ1v) is 6.62. The number of aliphatic carboxylic acids is 1. The zero-order valence-corrected chi connectivity index (χ0v) is 9.95. The number of hydrogen-bond acceptors (Lipinski definition) is 2. The van der Waals surface area contributed by atoms with E-state index in [0.29, 0.717) is 18.4 Å². The minimum absolute atomic E-state index is 0.323. The molecule has 0 aromatic carbocycles. The van der Waals surface area contributed by atoms with Crippen LogP contribution in [0.3, 0.4) is 0 Å². The van der Waals surface area contributed by atoms with Crippen molar-refractivity contribution in [2.45, 2.75) is 51.4 Å². The van der Waals surface area contributed by atoms with Crippen LogP contribution in [0.5, 0.6) is 0 Å². The Morgan fingerprint density at radius 2 is 1.81 bits per heavy atom. The van der Waals surface area contributed by atoms with E-state index in [-0.39, 0.29) is 0 Å². The molecule has 0 radical (unpaired) electrons. The van der Waals surface area contributed by atoms with Crippen molar-refractivity contribution in [3.8, 4) is 0 Å². The molecule has 0 heterocycles. The largest absolute Gasteiger partial charge is 0.481 e. The molecule has 0 aliphatic heterocycles. The fourth-order valence-electron chi connectivity index (χ4n) is 3.31. The summed E-state index contributed by atoms with van der Waals surface area (Å²) >= 11 is 0. The van der Waals surface area contributed by atoms with Crippen LogP contribution in [0.1, 0.15) is 51.4 Å². The van der Waals surface area contributed by atoms with Crippen molar-refractivity contribution < 1.29 is 9.90 Å². The van der Waals surface area contributed by atoms with Gasteiger partial charge in [0.15, 0.2) is 0 Å². The summed E-state index contributed by atoms with van der Waals surface area (Å²) in [6, 6.07) is 0. The highest BCUT2D eigenvalue weighted by molar-refractivity contribution is 5.76. The van der Waals surface area contributed by atoms with Crippen LogP contribution in [0.4, 0.5) is 0 Å². The van der Waals surface area contributed by atoms with Crippen LogP contribution in [0, 0.1) is 17.3 Å². The molecular weight excluding hydrogens is 202 g/mol. The van der Waals surface area contributed by atoms with Gasteiger partial charge in [-0.3, -0.25) is 4.79 Å². The van der Waals surface area contributed by atoms with Gasteiger partial charge in [0.1, 0.15) is 0 Å². The van der Waals surface area contributed by atoms with E-state index in [2.05, 4.69) is 0 Å². The Balaban J connectivity index is 2.03. The van der Waals surface area contributed by atoms with Crippen molar-refractivity contribution in [3.63, 3.8) is 0 Å². The molecule has 0 aromatic heterocycles. The molecule has 2 aliphatic carbocycles. The normalized spacial score (nSPS) is 26.3. The van der Waals surface area contributed by atoms with E-state index in [1.54, 1.807) is 0 Å². The molecule has 92 valence electrons.